The largest absolute Gasteiger partial charge is 0.497 e. The van der Waals surface area contributed by atoms with E-state index in [1.54, 1.807) is 14.2 Å². The summed E-state index contributed by atoms with van der Waals surface area (Å²) in [5.74, 6) is 1.37. The quantitative estimate of drug-likeness (QED) is 0.164. The maximum atomic E-state index is 15.0. The number of methoxy groups -OCH3 is 2. The van der Waals surface area contributed by atoms with Crippen molar-refractivity contribution in [3.8, 4) is 11.5 Å². The number of fused-ring (bicyclic) bond motifs is 2. The number of hydrogen-bond acceptors (Lipinski definition) is 7. The Bertz CT molecular complexity index is 1700. The van der Waals surface area contributed by atoms with E-state index >= 15 is 0 Å². The van der Waals surface area contributed by atoms with Gasteiger partial charge in [-0.3, -0.25) is 9.48 Å². The fourth-order valence-corrected chi connectivity index (χ4v) is 12.0. The number of hydrogen-bond donors (Lipinski definition) is 1. The Kier molecular flexibility index (Phi) is 9.30. The van der Waals surface area contributed by atoms with Crippen LogP contribution in [-0.2, 0) is 34.6 Å². The molecule has 3 heterocycles. The van der Waals surface area contributed by atoms with Gasteiger partial charge in [0.2, 0.25) is 0 Å². The maximum absolute atomic E-state index is 15.0. The Morgan fingerprint density at radius 1 is 1.02 bits per heavy atom. The van der Waals surface area contributed by atoms with Crippen LogP contribution in [0.1, 0.15) is 30.2 Å². The van der Waals surface area contributed by atoms with Gasteiger partial charge in [-0.15, -0.1) is 5.10 Å². The molecule has 0 unspecified atom stereocenters. The zero-order valence-electron chi connectivity index (χ0n) is 26.9. The third kappa shape index (κ3) is 5.75. The van der Waals surface area contributed by atoms with E-state index in [-0.39, 0.29) is 30.1 Å². The van der Waals surface area contributed by atoms with Crippen LogP contribution in [-0.4, -0.2) is 61.0 Å². The van der Waals surface area contributed by atoms with Gasteiger partial charge in [-0.2, -0.15) is 0 Å². The SMILES string of the molecule is COc1ccc([Si](C)(C)[C@@H]2[C@@H](CCn3cc(CCO)nn3)O[C@]3(C(=O)N(Cc4ccc(I)cc4)c4ccc(OC)cc43)[C@H]2C)cc1. The van der Waals surface area contributed by atoms with Crippen LogP contribution in [0.2, 0.25) is 18.6 Å². The third-order valence-electron chi connectivity index (χ3n) is 9.89. The molecule has 4 atom stereocenters. The number of aryl methyl sites for hydroxylation is 1. The molecular formula is C35H41IN4O5Si. The van der Waals surface area contributed by atoms with Crippen LogP contribution in [0.25, 0.3) is 0 Å². The molecule has 3 aromatic carbocycles. The summed E-state index contributed by atoms with van der Waals surface area (Å²) in [6, 6.07) is 22.6. The number of aliphatic hydroxyl groups excluding tert-OH is 1. The van der Waals surface area contributed by atoms with E-state index in [9.17, 15) is 9.90 Å². The second-order valence-corrected chi connectivity index (χ2v) is 18.7. The fourth-order valence-electron chi connectivity index (χ4n) is 7.56. The molecule has 1 amide bonds. The summed E-state index contributed by atoms with van der Waals surface area (Å²) in [5, 5.41) is 19.2. The summed E-state index contributed by atoms with van der Waals surface area (Å²) in [5.41, 5.74) is 2.48. The molecule has 2 aliphatic rings. The van der Waals surface area contributed by atoms with Crippen LogP contribution in [0.15, 0.2) is 72.9 Å². The summed E-state index contributed by atoms with van der Waals surface area (Å²) in [7, 11) is 1.05. The minimum atomic E-state index is -2.28. The number of aromatic nitrogens is 3. The predicted octanol–water partition coefficient (Wildman–Crippen LogP) is 5.29. The van der Waals surface area contributed by atoms with Crippen LogP contribution < -0.4 is 19.6 Å². The average Bonchev–Trinajstić information content (AvgIpc) is 3.71. The number of rotatable bonds is 11. The van der Waals surface area contributed by atoms with Gasteiger partial charge in [0, 0.05) is 40.8 Å². The average molecular weight is 753 g/mol. The number of anilines is 1. The van der Waals surface area contributed by atoms with Gasteiger partial charge in [0.1, 0.15) is 11.5 Å². The van der Waals surface area contributed by atoms with E-state index in [1.165, 1.54) is 5.19 Å². The highest BCUT2D eigenvalue weighted by Crippen LogP contribution is 2.60. The first-order valence-electron chi connectivity index (χ1n) is 15.7. The lowest BCUT2D eigenvalue weighted by molar-refractivity contribution is -0.146. The van der Waals surface area contributed by atoms with Gasteiger partial charge < -0.3 is 24.2 Å². The minimum absolute atomic E-state index is 0.0257. The molecule has 1 N–H and O–H groups in total. The first-order chi connectivity index (χ1) is 22.1. The highest BCUT2D eigenvalue weighted by Gasteiger charge is 2.66. The maximum Gasteiger partial charge on any atom is 0.264 e. The lowest BCUT2D eigenvalue weighted by Gasteiger charge is -2.37. The summed E-state index contributed by atoms with van der Waals surface area (Å²) in [4.78, 5) is 16.9. The van der Waals surface area contributed by atoms with Crippen molar-refractivity contribution in [2.24, 2.45) is 5.92 Å². The molecule has 0 saturated carbocycles. The molecular weight excluding hydrogens is 711 g/mol. The number of halogens is 1. The van der Waals surface area contributed by atoms with E-state index in [2.05, 4.69) is 89.3 Å². The molecule has 6 rings (SSSR count). The van der Waals surface area contributed by atoms with Crippen LogP contribution in [0.5, 0.6) is 11.5 Å². The van der Waals surface area contributed by atoms with Crippen molar-refractivity contribution in [2.45, 2.75) is 63.2 Å². The normalized spacial score (nSPS) is 22.5. The highest BCUT2D eigenvalue weighted by atomic mass is 127. The van der Waals surface area contributed by atoms with Crippen molar-refractivity contribution in [3.63, 3.8) is 0 Å². The van der Waals surface area contributed by atoms with E-state index in [1.807, 2.05) is 46.1 Å². The van der Waals surface area contributed by atoms with Crippen molar-refractivity contribution in [1.29, 1.82) is 0 Å². The summed E-state index contributed by atoms with van der Waals surface area (Å²) in [6.07, 6.45) is 2.79. The topological polar surface area (TPSA) is 98.9 Å². The van der Waals surface area contributed by atoms with Gasteiger partial charge >= 0.3 is 0 Å². The number of amides is 1. The van der Waals surface area contributed by atoms with Gasteiger partial charge in [-0.1, -0.05) is 54.7 Å². The van der Waals surface area contributed by atoms with E-state index in [4.69, 9.17) is 14.2 Å². The molecule has 11 heteroatoms. The van der Waals surface area contributed by atoms with Crippen LogP contribution >= 0.6 is 22.6 Å². The van der Waals surface area contributed by atoms with E-state index < -0.39 is 13.7 Å². The molecule has 2 aliphatic heterocycles. The van der Waals surface area contributed by atoms with Gasteiger partial charge in [-0.05, 0) is 82.6 Å². The molecule has 1 saturated heterocycles. The minimum Gasteiger partial charge on any atom is -0.497 e. The molecule has 1 aromatic heterocycles. The van der Waals surface area contributed by atoms with E-state index in [0.717, 1.165) is 31.8 Å². The summed E-state index contributed by atoms with van der Waals surface area (Å²) in [6.45, 7) is 8.03. The van der Waals surface area contributed by atoms with Gasteiger partial charge in [0.05, 0.1) is 46.3 Å². The molecule has 1 spiro atoms. The number of benzene rings is 3. The third-order valence-corrected chi connectivity index (χ3v) is 15.0. The first-order valence-corrected chi connectivity index (χ1v) is 19.8. The molecule has 242 valence electrons. The number of ether oxygens (including phenoxy) is 3. The second-order valence-electron chi connectivity index (χ2n) is 12.8. The molecule has 46 heavy (non-hydrogen) atoms. The van der Waals surface area contributed by atoms with Crippen molar-refractivity contribution >= 4 is 47.4 Å². The van der Waals surface area contributed by atoms with Gasteiger partial charge in [0.25, 0.3) is 5.91 Å². The van der Waals surface area contributed by atoms with Crippen LogP contribution in [0.4, 0.5) is 5.69 Å². The van der Waals surface area contributed by atoms with Crippen molar-refractivity contribution in [1.82, 2.24) is 15.0 Å². The molecule has 0 radical (unpaired) electrons. The molecule has 9 nitrogen and oxygen atoms in total. The van der Waals surface area contributed by atoms with Crippen LogP contribution in [0, 0.1) is 9.49 Å². The predicted molar refractivity (Wildman–Crippen MR) is 188 cm³/mol. The van der Waals surface area contributed by atoms with Crippen LogP contribution in [0.3, 0.4) is 0 Å². The molecule has 0 aliphatic carbocycles. The molecule has 1 fully saturated rings. The summed E-state index contributed by atoms with van der Waals surface area (Å²) < 4.78 is 21.4. The Morgan fingerprint density at radius 2 is 1.72 bits per heavy atom. The fraction of sp³-hybridized carbons (Fsp3) is 0.400. The van der Waals surface area contributed by atoms with Crippen molar-refractivity contribution in [2.75, 3.05) is 25.7 Å². The first kappa shape index (κ1) is 32.7. The number of carbonyl (C=O) groups excluding carboxylic acids is 1. The standard InChI is InChI=1S/C35H41IN4O5Si/c1-23-33(46(4,5)29-13-10-27(43-2)11-14-29)32(16-18-39-22-26(17-19-41)37-38-39)45-35(23)30-20-28(44-3)12-15-31(30)40(34(35)42)21-24-6-8-25(36)9-7-24/h6-15,20,22-23,32-33,41H,16-19,21H2,1-5H3/t23-,32+,33-,35+/m0/s1. The molecule has 4 aromatic rings. The van der Waals surface area contributed by atoms with Gasteiger partial charge in [0.15, 0.2) is 5.60 Å². The monoisotopic (exact) mass is 752 g/mol. The van der Waals surface area contributed by atoms with Crippen molar-refractivity contribution in [3.05, 3.63) is 93.3 Å². The van der Waals surface area contributed by atoms with Gasteiger partial charge in [-0.25, -0.2) is 0 Å². The second kappa shape index (κ2) is 13.1. The van der Waals surface area contributed by atoms with E-state index in [0.29, 0.717) is 31.7 Å². The smallest absolute Gasteiger partial charge is 0.264 e. The number of aliphatic hydroxyl groups is 1. The Labute approximate surface area is 285 Å². The Morgan fingerprint density at radius 3 is 2.39 bits per heavy atom. The lowest BCUT2D eigenvalue weighted by Crippen LogP contribution is -2.51. The zero-order valence-corrected chi connectivity index (χ0v) is 30.1. The lowest BCUT2D eigenvalue weighted by atomic mass is 9.82. The van der Waals surface area contributed by atoms with Crippen molar-refractivity contribution < 1.29 is 24.1 Å². The Balaban J connectivity index is 1.43. The number of nitrogens with zero attached hydrogens (tertiary/aromatic N) is 4. The highest BCUT2D eigenvalue weighted by molar-refractivity contribution is 14.1. The Hall–Kier alpha value is -3.26. The summed E-state index contributed by atoms with van der Waals surface area (Å²) >= 11 is 2.30. The molecule has 0 bridgehead atoms. The zero-order chi connectivity index (χ0) is 32.6. The number of carbonyl (C=O) groups is 1.